The molecule has 2 saturated heterocycles. The molecule has 2 aromatic carbocycles. The molecule has 0 bridgehead atoms. The molecular weight excluding hydrogens is 352 g/mol. The fourth-order valence-corrected chi connectivity index (χ4v) is 4.55. The Labute approximate surface area is 165 Å². The number of rotatable bonds is 5. The van der Waals surface area contributed by atoms with Crippen LogP contribution in [0.2, 0.25) is 0 Å². The zero-order chi connectivity index (χ0) is 19.1. The molecule has 0 amide bonds. The molecule has 1 aromatic heterocycles. The SMILES string of the molecule is COc1ccc(-c2cc(N3CC(CN4CCCC4)C3)c3nonc3c2)cc1C. The molecule has 0 radical (unpaired) electrons. The summed E-state index contributed by atoms with van der Waals surface area (Å²) in [6, 6.07) is 10.5. The molecule has 0 unspecified atom stereocenters. The van der Waals surface area contributed by atoms with Gasteiger partial charge in [0.1, 0.15) is 11.3 Å². The molecule has 0 saturated carbocycles. The van der Waals surface area contributed by atoms with Crippen LogP contribution in [0.5, 0.6) is 5.75 Å². The van der Waals surface area contributed by atoms with Gasteiger partial charge in [-0.1, -0.05) is 6.07 Å². The number of hydrogen-bond donors (Lipinski definition) is 0. The normalized spacial score (nSPS) is 18.0. The first-order valence-electron chi connectivity index (χ1n) is 10.1. The Bertz CT molecular complexity index is 987. The van der Waals surface area contributed by atoms with Crippen LogP contribution in [0.1, 0.15) is 18.4 Å². The molecule has 146 valence electrons. The third kappa shape index (κ3) is 3.11. The monoisotopic (exact) mass is 378 g/mol. The van der Waals surface area contributed by atoms with Crippen molar-refractivity contribution in [3.8, 4) is 16.9 Å². The Balaban J connectivity index is 1.41. The topological polar surface area (TPSA) is 54.6 Å². The van der Waals surface area contributed by atoms with Crippen molar-refractivity contribution in [2.75, 3.05) is 44.7 Å². The Morgan fingerprint density at radius 1 is 1.07 bits per heavy atom. The van der Waals surface area contributed by atoms with Crippen LogP contribution >= 0.6 is 0 Å². The molecule has 3 heterocycles. The van der Waals surface area contributed by atoms with E-state index in [1.807, 2.05) is 6.07 Å². The number of nitrogens with zero attached hydrogens (tertiary/aromatic N) is 4. The molecule has 5 rings (SSSR count). The van der Waals surface area contributed by atoms with Crippen molar-refractivity contribution in [3.63, 3.8) is 0 Å². The van der Waals surface area contributed by atoms with Crippen molar-refractivity contribution in [1.29, 1.82) is 0 Å². The van der Waals surface area contributed by atoms with E-state index in [9.17, 15) is 0 Å². The van der Waals surface area contributed by atoms with Crippen molar-refractivity contribution in [2.24, 2.45) is 5.92 Å². The van der Waals surface area contributed by atoms with Gasteiger partial charge in [-0.25, -0.2) is 4.63 Å². The van der Waals surface area contributed by atoms with Crippen molar-refractivity contribution in [2.45, 2.75) is 19.8 Å². The molecule has 6 heteroatoms. The first-order chi connectivity index (χ1) is 13.7. The summed E-state index contributed by atoms with van der Waals surface area (Å²) in [5, 5.41) is 8.29. The Hall–Kier alpha value is -2.60. The first-order valence-corrected chi connectivity index (χ1v) is 10.1. The highest BCUT2D eigenvalue weighted by Gasteiger charge is 2.31. The van der Waals surface area contributed by atoms with Crippen LogP contribution in [-0.4, -0.2) is 55.0 Å². The molecule has 0 atom stereocenters. The lowest BCUT2D eigenvalue weighted by Crippen LogP contribution is -2.51. The first kappa shape index (κ1) is 17.5. The van der Waals surface area contributed by atoms with Gasteiger partial charge in [-0.05, 0) is 84.1 Å². The van der Waals surface area contributed by atoms with Gasteiger partial charge in [-0.3, -0.25) is 0 Å². The van der Waals surface area contributed by atoms with Gasteiger partial charge >= 0.3 is 0 Å². The zero-order valence-corrected chi connectivity index (χ0v) is 16.5. The average molecular weight is 378 g/mol. The van der Waals surface area contributed by atoms with Crippen LogP contribution in [0.4, 0.5) is 5.69 Å². The van der Waals surface area contributed by atoms with Crippen LogP contribution in [0.15, 0.2) is 35.0 Å². The number of ether oxygens (including phenoxy) is 1. The van der Waals surface area contributed by atoms with E-state index < -0.39 is 0 Å². The second-order valence-electron chi connectivity index (χ2n) is 8.09. The van der Waals surface area contributed by atoms with E-state index in [-0.39, 0.29) is 0 Å². The zero-order valence-electron chi connectivity index (χ0n) is 16.5. The van der Waals surface area contributed by atoms with Crippen molar-refractivity contribution in [3.05, 3.63) is 35.9 Å². The lowest BCUT2D eigenvalue weighted by atomic mass is 9.96. The highest BCUT2D eigenvalue weighted by Crippen LogP contribution is 2.36. The second kappa shape index (κ2) is 7.09. The number of fused-ring (bicyclic) bond motifs is 1. The lowest BCUT2D eigenvalue weighted by Gasteiger charge is -2.42. The van der Waals surface area contributed by atoms with Crippen LogP contribution in [0.3, 0.4) is 0 Å². The van der Waals surface area contributed by atoms with E-state index in [1.165, 1.54) is 32.5 Å². The fourth-order valence-electron chi connectivity index (χ4n) is 4.55. The second-order valence-corrected chi connectivity index (χ2v) is 8.09. The minimum absolute atomic E-state index is 0.736. The summed E-state index contributed by atoms with van der Waals surface area (Å²) in [5.74, 6) is 1.64. The minimum Gasteiger partial charge on any atom is -0.496 e. The smallest absolute Gasteiger partial charge is 0.158 e. The summed E-state index contributed by atoms with van der Waals surface area (Å²) >= 11 is 0. The van der Waals surface area contributed by atoms with E-state index in [1.54, 1.807) is 7.11 Å². The van der Waals surface area contributed by atoms with E-state index in [4.69, 9.17) is 9.37 Å². The number of hydrogen-bond acceptors (Lipinski definition) is 6. The lowest BCUT2D eigenvalue weighted by molar-refractivity contribution is 0.247. The molecule has 28 heavy (non-hydrogen) atoms. The van der Waals surface area contributed by atoms with Gasteiger partial charge in [-0.15, -0.1) is 0 Å². The third-order valence-electron chi connectivity index (χ3n) is 6.08. The molecular formula is C22H26N4O2. The van der Waals surface area contributed by atoms with E-state index in [0.29, 0.717) is 0 Å². The molecule has 0 aliphatic carbocycles. The highest BCUT2D eigenvalue weighted by atomic mass is 16.6. The van der Waals surface area contributed by atoms with E-state index in [2.05, 4.69) is 51.3 Å². The number of aryl methyl sites for hydroxylation is 1. The van der Waals surface area contributed by atoms with E-state index >= 15 is 0 Å². The number of methoxy groups -OCH3 is 1. The quantitative estimate of drug-likeness (QED) is 0.674. The predicted molar refractivity (Wildman–Crippen MR) is 110 cm³/mol. The van der Waals surface area contributed by atoms with Crippen molar-refractivity contribution in [1.82, 2.24) is 15.2 Å². The number of likely N-dealkylation sites (tertiary alicyclic amines) is 1. The molecule has 0 spiro atoms. The molecule has 2 aliphatic heterocycles. The van der Waals surface area contributed by atoms with Gasteiger partial charge in [-0.2, -0.15) is 0 Å². The van der Waals surface area contributed by atoms with Crippen molar-refractivity contribution < 1.29 is 9.37 Å². The highest BCUT2D eigenvalue weighted by molar-refractivity contribution is 5.93. The summed E-state index contributed by atoms with van der Waals surface area (Å²) in [6.07, 6.45) is 2.70. The summed E-state index contributed by atoms with van der Waals surface area (Å²) in [6.45, 7) is 7.96. The fraction of sp³-hybridized carbons (Fsp3) is 0.455. The Morgan fingerprint density at radius 2 is 1.89 bits per heavy atom. The summed E-state index contributed by atoms with van der Waals surface area (Å²) in [7, 11) is 1.70. The molecule has 0 N–H and O–H groups in total. The summed E-state index contributed by atoms with van der Waals surface area (Å²) in [5.41, 5.74) is 6.19. The maximum absolute atomic E-state index is 5.40. The molecule has 3 aromatic rings. The van der Waals surface area contributed by atoms with Crippen molar-refractivity contribution >= 4 is 16.7 Å². The number of aromatic nitrogens is 2. The van der Waals surface area contributed by atoms with Gasteiger partial charge in [0.15, 0.2) is 5.52 Å². The molecule has 6 nitrogen and oxygen atoms in total. The minimum atomic E-state index is 0.736. The number of anilines is 1. The standard InChI is InChI=1S/C22H26N4O2/c1-15-9-17(5-6-21(15)27-2)18-10-19-22(24-28-23-19)20(11-18)26-13-16(14-26)12-25-7-3-4-8-25/h5-6,9-11,16H,3-4,7-8,12-14H2,1-2H3. The Morgan fingerprint density at radius 3 is 2.64 bits per heavy atom. The van der Waals surface area contributed by atoms with Crippen LogP contribution in [0.25, 0.3) is 22.2 Å². The third-order valence-corrected chi connectivity index (χ3v) is 6.08. The van der Waals surface area contributed by atoms with E-state index in [0.717, 1.165) is 58.2 Å². The van der Waals surface area contributed by atoms with Gasteiger partial charge in [0.25, 0.3) is 0 Å². The van der Waals surface area contributed by atoms with Gasteiger partial charge in [0, 0.05) is 25.6 Å². The van der Waals surface area contributed by atoms with Gasteiger partial charge in [0.05, 0.1) is 12.8 Å². The number of benzene rings is 2. The maximum Gasteiger partial charge on any atom is 0.158 e. The van der Waals surface area contributed by atoms with Crippen LogP contribution in [-0.2, 0) is 0 Å². The molecule has 2 aliphatic rings. The maximum atomic E-state index is 5.40. The predicted octanol–water partition coefficient (Wildman–Crippen LogP) is 3.74. The molecule has 2 fully saturated rings. The summed E-state index contributed by atoms with van der Waals surface area (Å²) in [4.78, 5) is 5.01. The average Bonchev–Trinajstić information content (AvgIpc) is 3.35. The largest absolute Gasteiger partial charge is 0.496 e. The van der Waals surface area contributed by atoms with Crippen LogP contribution < -0.4 is 9.64 Å². The summed E-state index contributed by atoms with van der Waals surface area (Å²) < 4.78 is 10.5. The van der Waals surface area contributed by atoms with Gasteiger partial charge < -0.3 is 14.5 Å². The Kier molecular flexibility index (Phi) is 4.43. The van der Waals surface area contributed by atoms with Gasteiger partial charge in [0.2, 0.25) is 0 Å². The van der Waals surface area contributed by atoms with Crippen LogP contribution in [0, 0.1) is 12.8 Å².